The van der Waals surface area contributed by atoms with Crippen molar-refractivity contribution in [2.75, 3.05) is 13.9 Å². The molecule has 0 aliphatic carbocycles. The van der Waals surface area contributed by atoms with Gasteiger partial charge in [0.25, 0.3) is 0 Å². The molecule has 2 aromatic rings. The number of urea groups is 1. The fourth-order valence-electron chi connectivity index (χ4n) is 2.72. The number of carbonyl (C=O) groups is 1. The number of ether oxygens (including phenoxy) is 3. The number of rotatable bonds is 6. The third kappa shape index (κ3) is 4.22. The Morgan fingerprint density at radius 3 is 2.72 bits per heavy atom. The van der Waals surface area contributed by atoms with Gasteiger partial charge in [0.15, 0.2) is 11.5 Å². The molecule has 1 aliphatic rings. The van der Waals surface area contributed by atoms with Gasteiger partial charge in [-0.05, 0) is 35.7 Å². The average Bonchev–Trinajstić information content (AvgIpc) is 3.09. The van der Waals surface area contributed by atoms with Crippen LogP contribution in [0.2, 0.25) is 0 Å². The molecule has 0 unspecified atom stereocenters. The van der Waals surface area contributed by atoms with Crippen molar-refractivity contribution in [1.29, 1.82) is 0 Å². The molecule has 0 aromatic heterocycles. The van der Waals surface area contributed by atoms with Crippen LogP contribution >= 0.6 is 0 Å². The SMILES string of the molecule is COCc1ccccc1CNC(=O)N[C@@H](C)c1ccc2c(c1)OCO2. The van der Waals surface area contributed by atoms with E-state index >= 15 is 0 Å². The van der Waals surface area contributed by atoms with Crippen molar-refractivity contribution >= 4 is 6.03 Å². The Morgan fingerprint density at radius 2 is 1.92 bits per heavy atom. The predicted octanol–water partition coefficient (Wildman–Crippen LogP) is 3.12. The maximum absolute atomic E-state index is 12.2. The smallest absolute Gasteiger partial charge is 0.315 e. The number of methoxy groups -OCH3 is 1. The molecule has 1 heterocycles. The number of nitrogens with one attached hydrogen (secondary N) is 2. The number of hydrogen-bond donors (Lipinski definition) is 2. The predicted molar refractivity (Wildman–Crippen MR) is 93.5 cm³/mol. The highest BCUT2D eigenvalue weighted by atomic mass is 16.7. The van der Waals surface area contributed by atoms with Gasteiger partial charge in [-0.25, -0.2) is 4.79 Å². The molecule has 0 fully saturated rings. The van der Waals surface area contributed by atoms with Crippen LogP contribution in [0.3, 0.4) is 0 Å². The van der Waals surface area contributed by atoms with Crippen LogP contribution in [0, 0.1) is 0 Å². The minimum absolute atomic E-state index is 0.149. The summed E-state index contributed by atoms with van der Waals surface area (Å²) in [6.07, 6.45) is 0. The Hall–Kier alpha value is -2.73. The van der Waals surface area contributed by atoms with E-state index in [1.54, 1.807) is 7.11 Å². The summed E-state index contributed by atoms with van der Waals surface area (Å²) < 4.78 is 15.9. The van der Waals surface area contributed by atoms with Gasteiger partial charge in [-0.2, -0.15) is 0 Å². The lowest BCUT2D eigenvalue weighted by atomic mass is 10.1. The van der Waals surface area contributed by atoms with Crippen molar-refractivity contribution in [3.05, 3.63) is 59.2 Å². The standard InChI is InChI=1S/C19H22N2O4/c1-13(14-7-8-17-18(9-14)25-12-24-17)21-19(22)20-10-15-5-3-4-6-16(15)11-23-2/h3-9,13H,10-12H2,1-2H3,(H2,20,21,22)/t13-/m0/s1. The summed E-state index contributed by atoms with van der Waals surface area (Å²) in [5.74, 6) is 1.44. The number of hydrogen-bond acceptors (Lipinski definition) is 4. The van der Waals surface area contributed by atoms with Crippen LogP contribution < -0.4 is 20.1 Å². The summed E-state index contributed by atoms with van der Waals surface area (Å²) in [4.78, 5) is 12.2. The van der Waals surface area contributed by atoms with Crippen molar-refractivity contribution in [2.24, 2.45) is 0 Å². The second kappa shape index (κ2) is 7.90. The van der Waals surface area contributed by atoms with Crippen molar-refractivity contribution in [2.45, 2.75) is 26.1 Å². The van der Waals surface area contributed by atoms with Gasteiger partial charge >= 0.3 is 6.03 Å². The molecule has 0 bridgehead atoms. The van der Waals surface area contributed by atoms with Crippen molar-refractivity contribution in [3.63, 3.8) is 0 Å². The van der Waals surface area contributed by atoms with Crippen molar-refractivity contribution in [1.82, 2.24) is 10.6 Å². The van der Waals surface area contributed by atoms with E-state index in [2.05, 4.69) is 10.6 Å². The molecule has 0 spiro atoms. The van der Waals surface area contributed by atoms with E-state index in [1.165, 1.54) is 0 Å². The van der Waals surface area contributed by atoms with E-state index in [9.17, 15) is 4.79 Å². The van der Waals surface area contributed by atoms with Gasteiger partial charge in [0.2, 0.25) is 6.79 Å². The van der Waals surface area contributed by atoms with Gasteiger partial charge in [0.1, 0.15) is 0 Å². The normalized spacial score (nSPS) is 13.4. The minimum Gasteiger partial charge on any atom is -0.454 e. The van der Waals surface area contributed by atoms with Gasteiger partial charge in [-0.3, -0.25) is 0 Å². The fraction of sp³-hybridized carbons (Fsp3) is 0.316. The van der Waals surface area contributed by atoms with E-state index in [4.69, 9.17) is 14.2 Å². The van der Waals surface area contributed by atoms with Crippen LogP contribution in [-0.2, 0) is 17.9 Å². The molecule has 0 radical (unpaired) electrons. The summed E-state index contributed by atoms with van der Waals surface area (Å²) in [6, 6.07) is 13.2. The van der Waals surface area contributed by atoms with Crippen LogP contribution in [0.25, 0.3) is 0 Å². The maximum atomic E-state index is 12.2. The summed E-state index contributed by atoms with van der Waals surface area (Å²) >= 11 is 0. The van der Waals surface area contributed by atoms with E-state index in [0.29, 0.717) is 18.9 Å². The van der Waals surface area contributed by atoms with Gasteiger partial charge in [-0.1, -0.05) is 30.3 Å². The first-order valence-electron chi connectivity index (χ1n) is 8.17. The van der Waals surface area contributed by atoms with E-state index < -0.39 is 0 Å². The molecule has 0 saturated heterocycles. The summed E-state index contributed by atoms with van der Waals surface area (Å²) in [5, 5.41) is 5.82. The first-order valence-corrected chi connectivity index (χ1v) is 8.17. The number of carbonyl (C=O) groups excluding carboxylic acids is 1. The molecule has 0 saturated carbocycles. The lowest BCUT2D eigenvalue weighted by molar-refractivity contribution is 0.174. The summed E-state index contributed by atoms with van der Waals surface area (Å²) in [5.41, 5.74) is 3.06. The number of fused-ring (bicyclic) bond motifs is 1. The zero-order chi connectivity index (χ0) is 17.6. The molecule has 2 aromatic carbocycles. The topological polar surface area (TPSA) is 68.8 Å². The van der Waals surface area contributed by atoms with E-state index in [-0.39, 0.29) is 18.9 Å². The quantitative estimate of drug-likeness (QED) is 0.846. The zero-order valence-corrected chi connectivity index (χ0v) is 14.4. The lowest BCUT2D eigenvalue weighted by Gasteiger charge is -2.16. The van der Waals surface area contributed by atoms with Gasteiger partial charge < -0.3 is 24.8 Å². The van der Waals surface area contributed by atoms with Crippen molar-refractivity contribution < 1.29 is 19.0 Å². The average molecular weight is 342 g/mol. The molecule has 2 N–H and O–H groups in total. The molecule has 6 heteroatoms. The molecule has 25 heavy (non-hydrogen) atoms. The molecular formula is C19H22N2O4. The summed E-state index contributed by atoms with van der Waals surface area (Å²) in [6.45, 7) is 3.13. The Morgan fingerprint density at radius 1 is 1.16 bits per heavy atom. The van der Waals surface area contributed by atoms with Crippen LogP contribution in [0.4, 0.5) is 4.79 Å². The molecule has 1 atom stereocenters. The second-order valence-electron chi connectivity index (χ2n) is 5.86. The summed E-state index contributed by atoms with van der Waals surface area (Å²) in [7, 11) is 1.66. The molecule has 1 aliphatic heterocycles. The molecule has 132 valence electrons. The Balaban J connectivity index is 1.56. The van der Waals surface area contributed by atoms with Crippen LogP contribution in [-0.4, -0.2) is 19.9 Å². The number of benzene rings is 2. The fourth-order valence-corrected chi connectivity index (χ4v) is 2.72. The van der Waals surface area contributed by atoms with Gasteiger partial charge in [0, 0.05) is 13.7 Å². The van der Waals surface area contributed by atoms with Gasteiger partial charge in [-0.15, -0.1) is 0 Å². The third-order valence-electron chi connectivity index (χ3n) is 4.10. The largest absolute Gasteiger partial charge is 0.454 e. The first kappa shape index (κ1) is 17.1. The van der Waals surface area contributed by atoms with Crippen LogP contribution in [0.15, 0.2) is 42.5 Å². The van der Waals surface area contributed by atoms with Gasteiger partial charge in [0.05, 0.1) is 12.6 Å². The molecular weight excluding hydrogens is 320 g/mol. The number of amides is 2. The van der Waals surface area contributed by atoms with E-state index in [0.717, 1.165) is 22.4 Å². The highest BCUT2D eigenvalue weighted by molar-refractivity contribution is 5.74. The maximum Gasteiger partial charge on any atom is 0.315 e. The Kier molecular flexibility index (Phi) is 5.40. The highest BCUT2D eigenvalue weighted by Crippen LogP contribution is 2.34. The van der Waals surface area contributed by atoms with Crippen molar-refractivity contribution in [3.8, 4) is 11.5 Å². The first-order chi connectivity index (χ1) is 12.2. The molecule has 6 nitrogen and oxygen atoms in total. The zero-order valence-electron chi connectivity index (χ0n) is 14.4. The Labute approximate surface area is 147 Å². The van der Waals surface area contributed by atoms with Crippen LogP contribution in [0.5, 0.6) is 11.5 Å². The minimum atomic E-state index is -0.225. The Bertz CT molecular complexity index is 748. The highest BCUT2D eigenvalue weighted by Gasteiger charge is 2.16. The monoisotopic (exact) mass is 342 g/mol. The van der Waals surface area contributed by atoms with E-state index in [1.807, 2.05) is 49.4 Å². The van der Waals surface area contributed by atoms with Crippen LogP contribution in [0.1, 0.15) is 29.7 Å². The molecule has 2 amide bonds. The third-order valence-corrected chi connectivity index (χ3v) is 4.10. The lowest BCUT2D eigenvalue weighted by Crippen LogP contribution is -2.36. The molecule has 3 rings (SSSR count). The second-order valence-corrected chi connectivity index (χ2v) is 5.86.